The van der Waals surface area contributed by atoms with Gasteiger partial charge >= 0.3 is 0 Å². The number of rotatable bonds is 5. The van der Waals surface area contributed by atoms with Gasteiger partial charge in [0.15, 0.2) is 17.5 Å². The van der Waals surface area contributed by atoms with Crippen LogP contribution in [0.4, 0.5) is 0 Å². The average molecular weight is 485 g/mol. The summed E-state index contributed by atoms with van der Waals surface area (Å²) in [6, 6.07) is 5.86. The summed E-state index contributed by atoms with van der Waals surface area (Å²) in [7, 11) is 3.45. The van der Waals surface area contributed by atoms with Crippen LogP contribution in [0.15, 0.2) is 23.2 Å². The smallest absolute Gasteiger partial charge is 0.193 e. The molecule has 1 aromatic rings. The highest BCUT2D eigenvalue weighted by Crippen LogP contribution is 2.38. The minimum Gasteiger partial charge on any atom is -0.493 e. The van der Waals surface area contributed by atoms with Gasteiger partial charge < -0.3 is 24.4 Å². The number of guanidine groups is 1. The molecule has 6 nitrogen and oxygen atoms in total. The van der Waals surface area contributed by atoms with E-state index in [1.807, 2.05) is 25.2 Å². The van der Waals surface area contributed by atoms with Crippen LogP contribution in [0, 0.1) is 17.8 Å². The van der Waals surface area contributed by atoms with E-state index in [0.29, 0.717) is 23.5 Å². The molecule has 3 rings (SSSR count). The highest BCUT2D eigenvalue weighted by molar-refractivity contribution is 14.0. The van der Waals surface area contributed by atoms with Crippen molar-refractivity contribution < 1.29 is 14.2 Å². The maximum Gasteiger partial charge on any atom is 0.193 e. The first-order chi connectivity index (χ1) is 12.7. The Morgan fingerprint density at radius 3 is 2.93 bits per heavy atom. The van der Waals surface area contributed by atoms with Crippen LogP contribution in [-0.4, -0.2) is 57.9 Å². The molecule has 0 amide bonds. The van der Waals surface area contributed by atoms with E-state index in [1.54, 1.807) is 7.11 Å². The molecule has 1 unspecified atom stereocenters. The monoisotopic (exact) mass is 485 g/mol. The Kier molecular flexibility index (Phi) is 8.05. The van der Waals surface area contributed by atoms with Crippen molar-refractivity contribution >= 4 is 29.9 Å². The molecular weight excluding hydrogens is 457 g/mol. The summed E-state index contributed by atoms with van der Waals surface area (Å²) in [4.78, 5) is 6.78. The SMILES string of the molecule is C#CCOc1cc(CNC(=NC)N2CCC3(CCOC3)C2)ccc1OC.I. The van der Waals surface area contributed by atoms with Gasteiger partial charge in [0.1, 0.15) is 6.61 Å². The quantitative estimate of drug-likeness (QED) is 0.301. The van der Waals surface area contributed by atoms with Crippen LogP contribution in [0.2, 0.25) is 0 Å². The lowest BCUT2D eigenvalue weighted by Crippen LogP contribution is -2.41. The summed E-state index contributed by atoms with van der Waals surface area (Å²) in [5.74, 6) is 4.74. The van der Waals surface area contributed by atoms with Gasteiger partial charge in [0.25, 0.3) is 0 Å². The van der Waals surface area contributed by atoms with Gasteiger partial charge in [0.05, 0.1) is 13.7 Å². The molecule has 1 N–H and O–H groups in total. The molecule has 0 aliphatic carbocycles. The number of halogens is 1. The molecular formula is C20H28IN3O3. The van der Waals surface area contributed by atoms with Gasteiger partial charge in [0.2, 0.25) is 0 Å². The number of benzene rings is 1. The third kappa shape index (κ3) is 5.20. The van der Waals surface area contributed by atoms with E-state index in [1.165, 1.54) is 6.42 Å². The summed E-state index contributed by atoms with van der Waals surface area (Å²) in [5, 5.41) is 3.45. The average Bonchev–Trinajstić information content (AvgIpc) is 3.30. The molecule has 0 saturated carbocycles. The third-order valence-electron chi connectivity index (χ3n) is 5.12. The van der Waals surface area contributed by atoms with Crippen molar-refractivity contribution in [1.29, 1.82) is 0 Å². The molecule has 1 atom stereocenters. The van der Waals surface area contributed by atoms with Crippen LogP contribution in [0.1, 0.15) is 18.4 Å². The van der Waals surface area contributed by atoms with E-state index in [-0.39, 0.29) is 30.6 Å². The van der Waals surface area contributed by atoms with E-state index in [9.17, 15) is 0 Å². The second-order valence-electron chi connectivity index (χ2n) is 6.85. The van der Waals surface area contributed by atoms with Crippen LogP contribution < -0.4 is 14.8 Å². The van der Waals surface area contributed by atoms with E-state index in [2.05, 4.69) is 21.1 Å². The number of terminal acetylenes is 1. The second-order valence-corrected chi connectivity index (χ2v) is 6.85. The Bertz CT molecular complexity index is 696. The molecule has 7 heteroatoms. The zero-order valence-electron chi connectivity index (χ0n) is 16.0. The lowest BCUT2D eigenvalue weighted by atomic mass is 9.87. The maximum atomic E-state index is 5.61. The highest BCUT2D eigenvalue weighted by Gasteiger charge is 2.42. The normalized spacial score (nSPS) is 21.7. The lowest BCUT2D eigenvalue weighted by Gasteiger charge is -2.25. The minimum absolute atomic E-state index is 0. The fourth-order valence-electron chi connectivity index (χ4n) is 3.66. The Labute approximate surface area is 178 Å². The minimum atomic E-state index is 0. The molecule has 0 aromatic heterocycles. The first-order valence-corrected chi connectivity index (χ1v) is 8.96. The third-order valence-corrected chi connectivity index (χ3v) is 5.12. The summed E-state index contributed by atoms with van der Waals surface area (Å²) in [5.41, 5.74) is 1.39. The number of ether oxygens (including phenoxy) is 3. The number of nitrogens with zero attached hydrogens (tertiary/aromatic N) is 2. The summed E-state index contributed by atoms with van der Waals surface area (Å²) in [6.07, 6.45) is 7.60. The second kappa shape index (κ2) is 10.0. The molecule has 148 valence electrons. The first-order valence-electron chi connectivity index (χ1n) is 8.96. The molecule has 2 aliphatic heterocycles. The number of nitrogens with one attached hydrogen (secondary N) is 1. The number of likely N-dealkylation sites (tertiary alicyclic amines) is 1. The van der Waals surface area contributed by atoms with Gasteiger partial charge in [0, 0.05) is 38.7 Å². The molecule has 2 fully saturated rings. The summed E-state index contributed by atoms with van der Waals surface area (Å²) < 4.78 is 16.5. The molecule has 27 heavy (non-hydrogen) atoms. The fourth-order valence-corrected chi connectivity index (χ4v) is 3.66. The van der Waals surface area contributed by atoms with Gasteiger partial charge in [-0.1, -0.05) is 12.0 Å². The van der Waals surface area contributed by atoms with Crippen molar-refractivity contribution in [2.75, 3.05) is 47.1 Å². The van der Waals surface area contributed by atoms with Crippen LogP contribution in [0.3, 0.4) is 0 Å². The van der Waals surface area contributed by atoms with E-state index in [0.717, 1.165) is 44.2 Å². The Hall–Kier alpha value is -1.66. The molecule has 2 aliphatic rings. The standard InChI is InChI=1S/C20H27N3O3.HI/c1-4-10-26-18-12-16(5-6-17(18)24-3)13-22-19(21-2)23-9-7-20(14-23)8-11-25-15-20;/h1,5-6,12H,7-11,13-15H2,2-3H3,(H,21,22);1H. The topological polar surface area (TPSA) is 55.3 Å². The van der Waals surface area contributed by atoms with E-state index in [4.69, 9.17) is 20.6 Å². The van der Waals surface area contributed by atoms with Crippen molar-refractivity contribution in [2.45, 2.75) is 19.4 Å². The molecule has 2 saturated heterocycles. The van der Waals surface area contributed by atoms with Gasteiger partial charge in [-0.2, -0.15) is 0 Å². The first kappa shape index (κ1) is 21.6. The molecule has 0 bridgehead atoms. The van der Waals surface area contributed by atoms with Gasteiger partial charge in [-0.25, -0.2) is 0 Å². The predicted molar refractivity (Wildman–Crippen MR) is 117 cm³/mol. The van der Waals surface area contributed by atoms with Crippen molar-refractivity contribution in [2.24, 2.45) is 10.4 Å². The van der Waals surface area contributed by atoms with Crippen LogP contribution >= 0.6 is 24.0 Å². The van der Waals surface area contributed by atoms with Crippen molar-refractivity contribution in [3.05, 3.63) is 23.8 Å². The summed E-state index contributed by atoms with van der Waals surface area (Å²) in [6.45, 7) is 4.64. The largest absolute Gasteiger partial charge is 0.493 e. The number of methoxy groups -OCH3 is 1. The highest BCUT2D eigenvalue weighted by atomic mass is 127. The zero-order valence-corrected chi connectivity index (χ0v) is 18.3. The number of aliphatic imine (C=N–C) groups is 1. The Balaban J connectivity index is 0.00000261. The Morgan fingerprint density at radius 1 is 1.41 bits per heavy atom. The number of hydrogen-bond donors (Lipinski definition) is 1. The van der Waals surface area contributed by atoms with Gasteiger partial charge in [-0.15, -0.1) is 30.4 Å². The van der Waals surface area contributed by atoms with Gasteiger partial charge in [-0.3, -0.25) is 4.99 Å². The van der Waals surface area contributed by atoms with Crippen molar-refractivity contribution in [1.82, 2.24) is 10.2 Å². The molecule has 1 spiro atoms. The fraction of sp³-hybridized carbons (Fsp3) is 0.550. The molecule has 1 aromatic carbocycles. The molecule has 0 radical (unpaired) electrons. The molecule has 2 heterocycles. The zero-order chi connectivity index (χ0) is 18.4. The van der Waals surface area contributed by atoms with Crippen molar-refractivity contribution in [3.63, 3.8) is 0 Å². The van der Waals surface area contributed by atoms with Crippen molar-refractivity contribution in [3.8, 4) is 23.8 Å². The van der Waals surface area contributed by atoms with Crippen LogP contribution in [0.25, 0.3) is 0 Å². The number of hydrogen-bond acceptors (Lipinski definition) is 4. The van der Waals surface area contributed by atoms with Crippen LogP contribution in [0.5, 0.6) is 11.5 Å². The lowest BCUT2D eigenvalue weighted by molar-refractivity contribution is 0.156. The van der Waals surface area contributed by atoms with E-state index < -0.39 is 0 Å². The van der Waals surface area contributed by atoms with E-state index >= 15 is 0 Å². The maximum absolute atomic E-state index is 5.61. The van der Waals surface area contributed by atoms with Crippen LogP contribution in [-0.2, 0) is 11.3 Å². The van der Waals surface area contributed by atoms with Gasteiger partial charge in [-0.05, 0) is 30.5 Å². The predicted octanol–water partition coefficient (Wildman–Crippen LogP) is 2.51. The summed E-state index contributed by atoms with van der Waals surface area (Å²) >= 11 is 0. The Morgan fingerprint density at radius 2 is 2.26 bits per heavy atom.